The van der Waals surface area contributed by atoms with Crippen LogP contribution in [0.25, 0.3) is 0 Å². The first-order valence-corrected chi connectivity index (χ1v) is 8.74. The molecule has 1 heterocycles. The first-order valence-electron chi connectivity index (χ1n) is 7.09. The van der Waals surface area contributed by atoms with Crippen LogP contribution in [0.3, 0.4) is 0 Å². The lowest BCUT2D eigenvalue weighted by Crippen LogP contribution is -2.46. The number of sulfonamides is 1. The molecule has 0 aromatic heterocycles. The lowest BCUT2D eigenvalue weighted by Gasteiger charge is -2.29. The topological polar surface area (TPSA) is 84.7 Å². The third-order valence-electron chi connectivity index (χ3n) is 3.32. The van der Waals surface area contributed by atoms with Crippen molar-refractivity contribution in [2.24, 2.45) is 0 Å². The molecule has 0 amide bonds. The Morgan fingerprint density at radius 1 is 1.38 bits per heavy atom. The van der Waals surface area contributed by atoms with Gasteiger partial charge in [0.1, 0.15) is 0 Å². The fourth-order valence-corrected chi connectivity index (χ4v) is 3.85. The second-order valence-electron chi connectivity index (χ2n) is 5.44. The maximum Gasteiger partial charge on any atom is 0.216 e. The number of anilines is 1. The molecule has 1 aromatic carbocycles. The average Bonchev–Trinajstić information content (AvgIpc) is 2.38. The molecule has 0 bridgehead atoms. The molecule has 2 rings (SSSR count). The number of benzene rings is 1. The van der Waals surface area contributed by atoms with Crippen molar-refractivity contribution in [3.05, 3.63) is 29.8 Å². The van der Waals surface area contributed by atoms with E-state index in [0.717, 1.165) is 13.1 Å². The van der Waals surface area contributed by atoms with Crippen LogP contribution in [-0.4, -0.2) is 52.2 Å². The Balaban J connectivity index is 1.87. The van der Waals surface area contributed by atoms with Crippen LogP contribution < -0.4 is 10.5 Å². The van der Waals surface area contributed by atoms with Gasteiger partial charge in [-0.1, -0.05) is 12.1 Å². The summed E-state index contributed by atoms with van der Waals surface area (Å²) in [6.07, 6.45) is 0. The highest BCUT2D eigenvalue weighted by molar-refractivity contribution is 7.88. The molecule has 1 saturated heterocycles. The predicted octanol–water partition coefficient (Wildman–Crippen LogP) is 0.409. The smallest absolute Gasteiger partial charge is 0.216 e. The van der Waals surface area contributed by atoms with Crippen molar-refractivity contribution in [3.8, 4) is 0 Å². The minimum Gasteiger partial charge on any atom is -0.399 e. The highest BCUT2D eigenvalue weighted by Gasteiger charge is 2.19. The van der Waals surface area contributed by atoms with Crippen LogP contribution in [0.15, 0.2) is 24.3 Å². The lowest BCUT2D eigenvalue weighted by molar-refractivity contribution is 0.0354. The number of nitrogen functional groups attached to an aromatic ring is 1. The van der Waals surface area contributed by atoms with Gasteiger partial charge in [-0.15, -0.1) is 0 Å². The maximum atomic E-state index is 12.2. The highest BCUT2D eigenvalue weighted by atomic mass is 32.2. The molecule has 7 heteroatoms. The Morgan fingerprint density at radius 2 is 2.10 bits per heavy atom. The van der Waals surface area contributed by atoms with Gasteiger partial charge >= 0.3 is 0 Å². The SMILES string of the molecule is CC(CN1CCOCC1)NS(=O)(=O)Cc1cccc(N)c1. The van der Waals surface area contributed by atoms with E-state index in [0.29, 0.717) is 31.0 Å². The average molecular weight is 313 g/mol. The number of nitrogens with one attached hydrogen (secondary N) is 1. The number of nitrogens with two attached hydrogens (primary N) is 1. The van der Waals surface area contributed by atoms with E-state index in [9.17, 15) is 8.42 Å². The number of nitrogens with zero attached hydrogens (tertiary/aromatic N) is 1. The molecule has 1 unspecified atom stereocenters. The van der Waals surface area contributed by atoms with Crippen molar-refractivity contribution in [1.29, 1.82) is 0 Å². The Labute approximate surface area is 126 Å². The van der Waals surface area contributed by atoms with Crippen molar-refractivity contribution >= 4 is 15.7 Å². The van der Waals surface area contributed by atoms with Gasteiger partial charge in [-0.25, -0.2) is 13.1 Å². The van der Waals surface area contributed by atoms with Crippen LogP contribution in [0, 0.1) is 0 Å². The van der Waals surface area contributed by atoms with Gasteiger partial charge in [-0.2, -0.15) is 0 Å². The summed E-state index contributed by atoms with van der Waals surface area (Å²) >= 11 is 0. The molecule has 0 radical (unpaired) electrons. The highest BCUT2D eigenvalue weighted by Crippen LogP contribution is 2.10. The number of hydrogen-bond acceptors (Lipinski definition) is 5. The van der Waals surface area contributed by atoms with Crippen LogP contribution in [0.4, 0.5) is 5.69 Å². The second-order valence-corrected chi connectivity index (χ2v) is 7.19. The van der Waals surface area contributed by atoms with Gasteiger partial charge in [0.05, 0.1) is 19.0 Å². The summed E-state index contributed by atoms with van der Waals surface area (Å²) in [4.78, 5) is 2.21. The zero-order valence-electron chi connectivity index (χ0n) is 12.3. The van der Waals surface area contributed by atoms with Crippen LogP contribution in [-0.2, 0) is 20.5 Å². The van der Waals surface area contributed by atoms with E-state index in [1.54, 1.807) is 24.3 Å². The molecule has 1 atom stereocenters. The van der Waals surface area contributed by atoms with Gasteiger partial charge in [-0.05, 0) is 24.6 Å². The number of ether oxygens (including phenoxy) is 1. The standard InChI is InChI=1S/C14H23N3O3S/c1-12(10-17-5-7-20-8-6-17)16-21(18,19)11-13-3-2-4-14(15)9-13/h2-4,9,12,16H,5-8,10-11,15H2,1H3. The van der Waals surface area contributed by atoms with Crippen LogP contribution in [0.5, 0.6) is 0 Å². The third-order valence-corrected chi connectivity index (χ3v) is 4.80. The zero-order chi connectivity index (χ0) is 15.3. The number of rotatable bonds is 6. The Bertz CT molecular complexity index is 556. The van der Waals surface area contributed by atoms with E-state index in [2.05, 4.69) is 9.62 Å². The Kier molecular flexibility index (Phi) is 5.58. The van der Waals surface area contributed by atoms with Gasteiger partial charge in [-0.3, -0.25) is 4.90 Å². The molecule has 0 spiro atoms. The monoisotopic (exact) mass is 313 g/mol. The van der Waals surface area contributed by atoms with E-state index in [1.165, 1.54) is 0 Å². The van der Waals surface area contributed by atoms with Crippen molar-refractivity contribution in [2.45, 2.75) is 18.7 Å². The lowest BCUT2D eigenvalue weighted by atomic mass is 10.2. The molecule has 1 fully saturated rings. The van der Waals surface area contributed by atoms with Gasteiger partial charge in [0, 0.05) is 31.4 Å². The molecule has 21 heavy (non-hydrogen) atoms. The minimum atomic E-state index is -3.36. The molecule has 118 valence electrons. The first-order chi connectivity index (χ1) is 9.94. The Morgan fingerprint density at radius 3 is 2.76 bits per heavy atom. The molecule has 6 nitrogen and oxygen atoms in total. The third kappa shape index (κ3) is 5.62. The first kappa shape index (κ1) is 16.2. The van der Waals surface area contributed by atoms with Crippen molar-refractivity contribution in [3.63, 3.8) is 0 Å². The van der Waals surface area contributed by atoms with Gasteiger partial charge < -0.3 is 10.5 Å². The summed E-state index contributed by atoms with van der Waals surface area (Å²) in [6.45, 7) is 5.69. The van der Waals surface area contributed by atoms with Gasteiger partial charge in [0.2, 0.25) is 10.0 Å². The van der Waals surface area contributed by atoms with Crippen LogP contribution >= 0.6 is 0 Å². The van der Waals surface area contributed by atoms with Crippen molar-refractivity contribution < 1.29 is 13.2 Å². The van der Waals surface area contributed by atoms with Crippen LogP contribution in [0.2, 0.25) is 0 Å². The second kappa shape index (κ2) is 7.22. The Hall–Kier alpha value is -1.15. The zero-order valence-corrected chi connectivity index (χ0v) is 13.1. The number of morpholine rings is 1. The quantitative estimate of drug-likeness (QED) is 0.743. The van der Waals surface area contributed by atoms with Crippen molar-refractivity contribution in [1.82, 2.24) is 9.62 Å². The van der Waals surface area contributed by atoms with Crippen molar-refractivity contribution in [2.75, 3.05) is 38.6 Å². The summed E-state index contributed by atoms with van der Waals surface area (Å²) in [5, 5.41) is 0. The molecular weight excluding hydrogens is 290 g/mol. The summed E-state index contributed by atoms with van der Waals surface area (Å²) in [5.74, 6) is -0.0501. The number of hydrogen-bond donors (Lipinski definition) is 2. The van der Waals surface area contributed by atoms with Gasteiger partial charge in [0.25, 0.3) is 0 Å². The van der Waals surface area contributed by atoms with Crippen LogP contribution in [0.1, 0.15) is 12.5 Å². The van der Waals surface area contributed by atoms with Gasteiger partial charge in [0.15, 0.2) is 0 Å². The van der Waals surface area contributed by atoms with E-state index in [4.69, 9.17) is 10.5 Å². The molecule has 1 aromatic rings. The maximum absolute atomic E-state index is 12.2. The van der Waals surface area contributed by atoms with E-state index >= 15 is 0 Å². The largest absolute Gasteiger partial charge is 0.399 e. The summed E-state index contributed by atoms with van der Waals surface area (Å²) < 4.78 is 32.3. The molecule has 0 aliphatic carbocycles. The molecule has 1 aliphatic rings. The van der Waals surface area contributed by atoms with E-state index in [-0.39, 0.29) is 11.8 Å². The fraction of sp³-hybridized carbons (Fsp3) is 0.571. The molecular formula is C14H23N3O3S. The summed E-state index contributed by atoms with van der Waals surface area (Å²) in [6, 6.07) is 6.82. The fourth-order valence-electron chi connectivity index (χ4n) is 2.46. The summed E-state index contributed by atoms with van der Waals surface area (Å²) in [7, 11) is -3.36. The van der Waals surface area contributed by atoms with E-state index < -0.39 is 10.0 Å². The predicted molar refractivity (Wildman–Crippen MR) is 83.3 cm³/mol. The molecule has 0 saturated carbocycles. The summed E-state index contributed by atoms with van der Waals surface area (Å²) in [5.41, 5.74) is 6.94. The minimum absolute atomic E-state index is 0.0501. The molecule has 3 N–H and O–H groups in total. The van der Waals surface area contributed by atoms with E-state index in [1.807, 2.05) is 6.92 Å². The molecule has 1 aliphatic heterocycles. The normalized spacial score (nSPS) is 18.5.